The second-order valence-electron chi connectivity index (χ2n) is 4.35. The molecule has 0 unspecified atom stereocenters. The Morgan fingerprint density at radius 2 is 2.25 bits per heavy atom. The monoisotopic (exact) mass is 340 g/mol. The maximum absolute atomic E-state index is 13.6. The molecule has 0 atom stereocenters. The van der Waals surface area contributed by atoms with Gasteiger partial charge in [0.1, 0.15) is 11.5 Å². The van der Waals surface area contributed by atoms with Crippen LogP contribution in [0.3, 0.4) is 0 Å². The Labute approximate surface area is 124 Å². The zero-order chi connectivity index (χ0) is 14.7. The summed E-state index contributed by atoms with van der Waals surface area (Å²) in [5, 5.41) is 4.12. The van der Waals surface area contributed by atoms with Crippen LogP contribution in [-0.4, -0.2) is 29.3 Å². The first-order valence-corrected chi connectivity index (χ1v) is 6.85. The van der Waals surface area contributed by atoms with Crippen LogP contribution < -0.4 is 0 Å². The van der Waals surface area contributed by atoms with Gasteiger partial charge in [-0.1, -0.05) is 12.1 Å². The molecule has 4 nitrogen and oxygen atoms in total. The van der Waals surface area contributed by atoms with Crippen molar-refractivity contribution in [3.05, 3.63) is 51.5 Å². The highest BCUT2D eigenvalue weighted by Gasteiger charge is 2.19. The van der Waals surface area contributed by atoms with E-state index < -0.39 is 5.82 Å². The maximum Gasteiger partial charge on any atom is 0.212 e. The third kappa shape index (κ3) is 2.96. The van der Waals surface area contributed by atoms with Gasteiger partial charge >= 0.3 is 0 Å². The molecule has 0 aliphatic heterocycles. The molecule has 0 fully saturated rings. The summed E-state index contributed by atoms with van der Waals surface area (Å²) in [6.45, 7) is 2.55. The average molecular weight is 341 g/mol. The molecule has 0 aliphatic carbocycles. The van der Waals surface area contributed by atoms with Crippen LogP contribution in [0, 0.1) is 12.7 Å². The molecule has 1 heterocycles. The topological polar surface area (TPSA) is 44.1 Å². The van der Waals surface area contributed by atoms with Crippen LogP contribution in [0.5, 0.6) is 0 Å². The summed E-state index contributed by atoms with van der Waals surface area (Å²) in [5.74, 6) is -0.667. The van der Waals surface area contributed by atoms with Gasteiger partial charge in [-0.05, 0) is 34.5 Å². The number of ether oxygens (including phenoxy) is 1. The molecule has 0 saturated heterocycles. The number of halogens is 2. The van der Waals surface area contributed by atoms with Crippen LogP contribution in [0.1, 0.15) is 21.6 Å². The molecule has 0 aliphatic rings. The van der Waals surface area contributed by atoms with E-state index in [0.29, 0.717) is 34.4 Å². The van der Waals surface area contributed by atoms with E-state index in [9.17, 15) is 9.18 Å². The van der Waals surface area contributed by atoms with Gasteiger partial charge in [0, 0.05) is 12.7 Å². The van der Waals surface area contributed by atoms with Crippen LogP contribution in [0.25, 0.3) is 0 Å². The summed E-state index contributed by atoms with van der Waals surface area (Å²) in [4.78, 5) is 12.5. The van der Waals surface area contributed by atoms with Crippen molar-refractivity contribution >= 4 is 21.7 Å². The average Bonchev–Trinajstić information content (AvgIpc) is 2.80. The standard InChI is InChI=1S/C14H14BrFN2O2/c1-9-3-4-10(7-12(9)16)14(19)13-11(15)8-17-18(13)5-6-20-2/h3-4,7-8H,5-6H2,1-2H3. The quantitative estimate of drug-likeness (QED) is 0.786. The highest BCUT2D eigenvalue weighted by atomic mass is 79.9. The molecule has 0 bridgehead atoms. The lowest BCUT2D eigenvalue weighted by Gasteiger charge is -2.07. The van der Waals surface area contributed by atoms with Crippen molar-refractivity contribution in [1.82, 2.24) is 9.78 Å². The number of aryl methyl sites for hydroxylation is 1. The van der Waals surface area contributed by atoms with E-state index in [4.69, 9.17) is 4.74 Å². The summed E-state index contributed by atoms with van der Waals surface area (Å²) in [5.41, 5.74) is 1.20. The highest BCUT2D eigenvalue weighted by molar-refractivity contribution is 9.10. The van der Waals surface area contributed by atoms with Crippen molar-refractivity contribution in [2.75, 3.05) is 13.7 Å². The third-order valence-electron chi connectivity index (χ3n) is 2.95. The number of carbonyl (C=O) groups excluding carboxylic acids is 1. The van der Waals surface area contributed by atoms with E-state index in [1.807, 2.05) is 0 Å². The van der Waals surface area contributed by atoms with Crippen molar-refractivity contribution < 1.29 is 13.9 Å². The molecule has 2 aromatic rings. The Kier molecular flexibility index (Phi) is 4.67. The van der Waals surface area contributed by atoms with Gasteiger partial charge in [0.15, 0.2) is 0 Å². The molecule has 0 amide bonds. The van der Waals surface area contributed by atoms with Crippen molar-refractivity contribution in [2.24, 2.45) is 0 Å². The highest BCUT2D eigenvalue weighted by Crippen LogP contribution is 2.21. The van der Waals surface area contributed by atoms with Crippen LogP contribution in [0.15, 0.2) is 28.9 Å². The van der Waals surface area contributed by atoms with E-state index in [1.54, 1.807) is 37.0 Å². The lowest BCUT2D eigenvalue weighted by Crippen LogP contribution is -2.15. The minimum absolute atomic E-state index is 0.274. The second-order valence-corrected chi connectivity index (χ2v) is 5.20. The van der Waals surface area contributed by atoms with Crippen molar-refractivity contribution in [1.29, 1.82) is 0 Å². The lowest BCUT2D eigenvalue weighted by molar-refractivity contribution is 0.102. The van der Waals surface area contributed by atoms with E-state index in [-0.39, 0.29) is 5.78 Å². The fraction of sp³-hybridized carbons (Fsp3) is 0.286. The first kappa shape index (κ1) is 14.9. The molecular formula is C14H14BrFN2O2. The number of benzene rings is 1. The zero-order valence-electron chi connectivity index (χ0n) is 11.2. The molecule has 20 heavy (non-hydrogen) atoms. The smallest absolute Gasteiger partial charge is 0.212 e. The van der Waals surface area contributed by atoms with Gasteiger partial charge in [-0.3, -0.25) is 9.48 Å². The predicted molar refractivity (Wildman–Crippen MR) is 76.4 cm³/mol. The first-order valence-electron chi connectivity index (χ1n) is 6.05. The Morgan fingerprint density at radius 3 is 2.90 bits per heavy atom. The summed E-state index contributed by atoms with van der Waals surface area (Å²) in [6, 6.07) is 4.45. The third-order valence-corrected chi connectivity index (χ3v) is 3.53. The van der Waals surface area contributed by atoms with Crippen LogP contribution >= 0.6 is 15.9 Å². The van der Waals surface area contributed by atoms with Gasteiger partial charge < -0.3 is 4.74 Å². The van der Waals surface area contributed by atoms with Crippen LogP contribution in [0.4, 0.5) is 4.39 Å². The van der Waals surface area contributed by atoms with E-state index in [0.717, 1.165) is 0 Å². The Balaban J connectivity index is 2.37. The molecular weight excluding hydrogens is 327 g/mol. The van der Waals surface area contributed by atoms with Gasteiger partial charge in [0.2, 0.25) is 5.78 Å². The molecule has 6 heteroatoms. The van der Waals surface area contributed by atoms with Gasteiger partial charge in [-0.2, -0.15) is 5.10 Å². The number of methoxy groups -OCH3 is 1. The summed E-state index contributed by atoms with van der Waals surface area (Å²) >= 11 is 3.30. The minimum Gasteiger partial charge on any atom is -0.383 e. The largest absolute Gasteiger partial charge is 0.383 e. The molecule has 2 rings (SSSR count). The number of hydrogen-bond acceptors (Lipinski definition) is 3. The van der Waals surface area contributed by atoms with Gasteiger partial charge in [-0.15, -0.1) is 0 Å². The predicted octanol–water partition coefficient (Wildman–Crippen LogP) is 2.97. The molecule has 1 aromatic carbocycles. The molecule has 0 N–H and O–H groups in total. The number of ketones is 1. The van der Waals surface area contributed by atoms with Gasteiger partial charge in [0.05, 0.1) is 23.8 Å². The first-order chi connectivity index (χ1) is 9.54. The minimum atomic E-state index is -0.394. The normalized spacial score (nSPS) is 10.8. The Bertz CT molecular complexity index is 640. The fourth-order valence-electron chi connectivity index (χ4n) is 1.81. The van der Waals surface area contributed by atoms with Gasteiger partial charge in [-0.25, -0.2) is 4.39 Å². The molecule has 1 aromatic heterocycles. The summed E-state index contributed by atoms with van der Waals surface area (Å²) in [6.07, 6.45) is 1.55. The Hall–Kier alpha value is -1.53. The SMILES string of the molecule is COCCn1ncc(Br)c1C(=O)c1ccc(C)c(F)c1. The van der Waals surface area contributed by atoms with Crippen molar-refractivity contribution in [2.45, 2.75) is 13.5 Å². The summed E-state index contributed by atoms with van der Waals surface area (Å²) in [7, 11) is 1.58. The fourth-order valence-corrected chi connectivity index (χ4v) is 2.28. The van der Waals surface area contributed by atoms with Gasteiger partial charge in [0.25, 0.3) is 0 Å². The second kappa shape index (κ2) is 6.28. The van der Waals surface area contributed by atoms with Crippen LogP contribution in [0.2, 0.25) is 0 Å². The van der Waals surface area contributed by atoms with E-state index in [1.165, 1.54) is 6.07 Å². The molecule has 0 saturated carbocycles. The number of nitrogens with zero attached hydrogens (tertiary/aromatic N) is 2. The number of carbonyl (C=O) groups is 1. The number of rotatable bonds is 5. The Morgan fingerprint density at radius 1 is 1.50 bits per heavy atom. The molecule has 0 spiro atoms. The van der Waals surface area contributed by atoms with Crippen LogP contribution in [-0.2, 0) is 11.3 Å². The lowest BCUT2D eigenvalue weighted by atomic mass is 10.1. The number of hydrogen-bond donors (Lipinski definition) is 0. The maximum atomic E-state index is 13.6. The number of aromatic nitrogens is 2. The van der Waals surface area contributed by atoms with Crippen molar-refractivity contribution in [3.63, 3.8) is 0 Å². The van der Waals surface area contributed by atoms with E-state index in [2.05, 4.69) is 21.0 Å². The summed E-state index contributed by atoms with van der Waals surface area (Å²) < 4.78 is 20.7. The molecule has 106 valence electrons. The van der Waals surface area contributed by atoms with Crippen molar-refractivity contribution in [3.8, 4) is 0 Å². The van der Waals surface area contributed by atoms with E-state index >= 15 is 0 Å². The zero-order valence-corrected chi connectivity index (χ0v) is 12.8. The molecule has 0 radical (unpaired) electrons.